The highest BCUT2D eigenvalue weighted by Gasteiger charge is 2.41. The fourth-order valence-corrected chi connectivity index (χ4v) is 2.09. The van der Waals surface area contributed by atoms with E-state index >= 15 is 0 Å². The molecular formula is C14H20N2O2. The zero-order chi connectivity index (χ0) is 13.0. The van der Waals surface area contributed by atoms with Crippen molar-refractivity contribution in [3.63, 3.8) is 0 Å². The number of carbonyl (C=O) groups is 1. The first-order valence-corrected chi connectivity index (χ1v) is 6.37. The van der Waals surface area contributed by atoms with Crippen LogP contribution < -0.4 is 11.1 Å². The largest absolute Gasteiger partial charge is 0.396 e. The molecule has 1 aliphatic rings. The topological polar surface area (TPSA) is 75.4 Å². The molecule has 1 aliphatic carbocycles. The van der Waals surface area contributed by atoms with Crippen LogP contribution >= 0.6 is 0 Å². The highest BCUT2D eigenvalue weighted by Crippen LogP contribution is 2.47. The molecular weight excluding hydrogens is 228 g/mol. The minimum absolute atomic E-state index is 0.0530. The third kappa shape index (κ3) is 3.09. The van der Waals surface area contributed by atoms with Gasteiger partial charge < -0.3 is 16.2 Å². The number of nitrogens with one attached hydrogen (secondary N) is 1. The van der Waals surface area contributed by atoms with Crippen molar-refractivity contribution in [2.45, 2.75) is 25.8 Å². The van der Waals surface area contributed by atoms with E-state index in [-0.39, 0.29) is 17.9 Å². The molecule has 0 unspecified atom stereocenters. The molecule has 1 fully saturated rings. The van der Waals surface area contributed by atoms with Gasteiger partial charge in [0.05, 0.1) is 0 Å². The van der Waals surface area contributed by atoms with E-state index in [9.17, 15) is 4.79 Å². The van der Waals surface area contributed by atoms with Gasteiger partial charge in [-0.2, -0.15) is 0 Å². The Labute approximate surface area is 107 Å². The Bertz CT molecular complexity index is 410. The number of nitrogens with two attached hydrogens (primary N) is 1. The first-order valence-electron chi connectivity index (χ1n) is 6.37. The highest BCUT2D eigenvalue weighted by molar-refractivity contribution is 5.94. The third-order valence-corrected chi connectivity index (χ3v) is 3.68. The molecule has 1 aromatic carbocycles. The molecule has 0 bridgehead atoms. The Morgan fingerprint density at radius 2 is 2.00 bits per heavy atom. The molecule has 1 saturated carbocycles. The fourth-order valence-electron chi connectivity index (χ4n) is 2.09. The predicted molar refractivity (Wildman–Crippen MR) is 70.0 cm³/mol. The summed E-state index contributed by atoms with van der Waals surface area (Å²) in [6.07, 6.45) is 2.97. The Hall–Kier alpha value is -1.39. The van der Waals surface area contributed by atoms with Crippen molar-refractivity contribution in [2.75, 3.05) is 13.2 Å². The summed E-state index contributed by atoms with van der Waals surface area (Å²) in [6.45, 7) is 1.34. The van der Waals surface area contributed by atoms with E-state index in [2.05, 4.69) is 5.32 Å². The van der Waals surface area contributed by atoms with Crippen LogP contribution in [0.4, 0.5) is 0 Å². The van der Waals surface area contributed by atoms with Crippen LogP contribution in [0.1, 0.15) is 35.2 Å². The molecule has 4 nitrogen and oxygen atoms in total. The summed E-state index contributed by atoms with van der Waals surface area (Å²) < 4.78 is 0. The van der Waals surface area contributed by atoms with Crippen LogP contribution in [0.5, 0.6) is 0 Å². The zero-order valence-electron chi connectivity index (χ0n) is 10.5. The number of hydrogen-bond acceptors (Lipinski definition) is 3. The van der Waals surface area contributed by atoms with Crippen LogP contribution in [-0.2, 0) is 6.54 Å². The summed E-state index contributed by atoms with van der Waals surface area (Å²) in [5, 5.41) is 11.9. The van der Waals surface area contributed by atoms with Gasteiger partial charge in [0.1, 0.15) is 0 Å². The lowest BCUT2D eigenvalue weighted by molar-refractivity contribution is 0.0941. The van der Waals surface area contributed by atoms with Crippen LogP contribution in [0.25, 0.3) is 0 Å². The molecule has 4 heteroatoms. The number of amides is 1. The lowest BCUT2D eigenvalue weighted by Gasteiger charge is -2.14. The number of carbonyl (C=O) groups excluding carboxylic acids is 1. The number of rotatable bonds is 6. The normalized spacial score (nSPS) is 16.3. The number of aliphatic hydroxyl groups is 1. The Morgan fingerprint density at radius 3 is 2.50 bits per heavy atom. The maximum atomic E-state index is 11.9. The predicted octanol–water partition coefficient (Wildman–Crippen LogP) is 1.04. The molecule has 0 spiro atoms. The maximum Gasteiger partial charge on any atom is 0.251 e. The van der Waals surface area contributed by atoms with E-state index in [4.69, 9.17) is 10.8 Å². The number of aliphatic hydroxyl groups excluding tert-OH is 1. The van der Waals surface area contributed by atoms with Gasteiger partial charge in [0.2, 0.25) is 0 Å². The van der Waals surface area contributed by atoms with Crippen LogP contribution in [-0.4, -0.2) is 24.2 Å². The molecule has 0 radical (unpaired) electrons. The number of benzene rings is 1. The minimum Gasteiger partial charge on any atom is -0.396 e. The van der Waals surface area contributed by atoms with E-state index in [0.717, 1.165) is 24.8 Å². The zero-order valence-corrected chi connectivity index (χ0v) is 10.5. The number of hydrogen-bond donors (Lipinski definition) is 3. The van der Waals surface area contributed by atoms with Crippen LogP contribution in [0.15, 0.2) is 24.3 Å². The minimum atomic E-state index is -0.0530. The summed E-state index contributed by atoms with van der Waals surface area (Å²) >= 11 is 0. The second-order valence-electron chi connectivity index (χ2n) is 5.06. The van der Waals surface area contributed by atoms with E-state index in [1.807, 2.05) is 12.1 Å². The summed E-state index contributed by atoms with van der Waals surface area (Å²) in [4.78, 5) is 11.9. The highest BCUT2D eigenvalue weighted by atomic mass is 16.3. The molecule has 0 atom stereocenters. The summed E-state index contributed by atoms with van der Waals surface area (Å²) in [7, 11) is 0. The van der Waals surface area contributed by atoms with Gasteiger partial charge in [-0.05, 0) is 42.4 Å². The van der Waals surface area contributed by atoms with Crippen LogP contribution in [0, 0.1) is 5.41 Å². The van der Waals surface area contributed by atoms with Gasteiger partial charge in [0.25, 0.3) is 5.91 Å². The van der Waals surface area contributed by atoms with Crippen molar-refractivity contribution in [2.24, 2.45) is 11.1 Å². The van der Waals surface area contributed by atoms with Crippen molar-refractivity contribution >= 4 is 5.91 Å². The average molecular weight is 248 g/mol. The van der Waals surface area contributed by atoms with Gasteiger partial charge in [-0.1, -0.05) is 12.1 Å². The molecule has 4 N–H and O–H groups in total. The molecule has 1 amide bonds. The van der Waals surface area contributed by atoms with Gasteiger partial charge in [-0.3, -0.25) is 4.79 Å². The lowest BCUT2D eigenvalue weighted by atomic mass is 10.0. The van der Waals surface area contributed by atoms with Crippen molar-refractivity contribution in [3.8, 4) is 0 Å². The Kier molecular flexibility index (Phi) is 3.99. The second kappa shape index (κ2) is 5.50. The van der Waals surface area contributed by atoms with Crippen LogP contribution in [0.2, 0.25) is 0 Å². The molecule has 18 heavy (non-hydrogen) atoms. The van der Waals surface area contributed by atoms with Crippen molar-refractivity contribution < 1.29 is 9.90 Å². The lowest BCUT2D eigenvalue weighted by Crippen LogP contribution is -2.30. The van der Waals surface area contributed by atoms with Gasteiger partial charge in [0.15, 0.2) is 0 Å². The Balaban J connectivity index is 1.87. The molecule has 0 aromatic heterocycles. The first kappa shape index (κ1) is 13.1. The van der Waals surface area contributed by atoms with E-state index in [0.29, 0.717) is 18.7 Å². The van der Waals surface area contributed by atoms with Crippen LogP contribution in [0.3, 0.4) is 0 Å². The first-order chi connectivity index (χ1) is 8.69. The second-order valence-corrected chi connectivity index (χ2v) is 5.06. The average Bonchev–Trinajstić information content (AvgIpc) is 3.17. The van der Waals surface area contributed by atoms with Crippen molar-refractivity contribution in [1.82, 2.24) is 5.32 Å². The van der Waals surface area contributed by atoms with E-state index in [1.54, 1.807) is 12.1 Å². The molecule has 0 aliphatic heterocycles. The molecule has 2 rings (SSSR count). The van der Waals surface area contributed by atoms with Gasteiger partial charge >= 0.3 is 0 Å². The van der Waals surface area contributed by atoms with Gasteiger partial charge in [-0.15, -0.1) is 0 Å². The van der Waals surface area contributed by atoms with Gasteiger partial charge in [-0.25, -0.2) is 0 Å². The van der Waals surface area contributed by atoms with E-state index in [1.165, 1.54) is 0 Å². The summed E-state index contributed by atoms with van der Waals surface area (Å²) in [5.41, 5.74) is 7.34. The summed E-state index contributed by atoms with van der Waals surface area (Å²) in [5.74, 6) is -0.0530. The van der Waals surface area contributed by atoms with Crippen molar-refractivity contribution in [1.29, 1.82) is 0 Å². The molecule has 98 valence electrons. The SMILES string of the molecule is NCc1ccc(C(=O)NCC2(CCO)CC2)cc1. The monoisotopic (exact) mass is 248 g/mol. The molecule has 0 saturated heterocycles. The van der Waals surface area contributed by atoms with Crippen molar-refractivity contribution in [3.05, 3.63) is 35.4 Å². The fraction of sp³-hybridized carbons (Fsp3) is 0.500. The third-order valence-electron chi connectivity index (χ3n) is 3.68. The maximum absolute atomic E-state index is 11.9. The smallest absolute Gasteiger partial charge is 0.251 e. The molecule has 0 heterocycles. The summed E-state index contributed by atoms with van der Waals surface area (Å²) in [6, 6.07) is 7.33. The van der Waals surface area contributed by atoms with E-state index < -0.39 is 0 Å². The molecule has 1 aromatic rings. The Morgan fingerprint density at radius 1 is 1.33 bits per heavy atom. The standard InChI is InChI=1S/C14H20N2O2/c15-9-11-1-3-12(4-2-11)13(18)16-10-14(5-6-14)7-8-17/h1-4,17H,5-10,15H2,(H,16,18). The van der Waals surface area contributed by atoms with Gasteiger partial charge in [0, 0.05) is 25.3 Å². The quantitative estimate of drug-likeness (QED) is 0.704.